The Balaban J connectivity index is 1.20. The van der Waals surface area contributed by atoms with Crippen molar-refractivity contribution in [3.8, 4) is 11.5 Å². The summed E-state index contributed by atoms with van der Waals surface area (Å²) in [6.07, 6.45) is -5.09. The number of carbonyl (C=O) groups is 3. The van der Waals surface area contributed by atoms with E-state index in [-0.39, 0.29) is 58.9 Å². The highest BCUT2D eigenvalue weighted by Crippen LogP contribution is 2.56. The van der Waals surface area contributed by atoms with Crippen molar-refractivity contribution in [2.45, 2.75) is 50.9 Å². The second-order valence-corrected chi connectivity index (χ2v) is 18.4. The first kappa shape index (κ1) is 48.8. The second kappa shape index (κ2) is 20.3. The number of rotatable bonds is 21. The van der Waals surface area contributed by atoms with E-state index >= 15 is 0 Å². The number of benzene rings is 1. The van der Waals surface area contributed by atoms with Gasteiger partial charge in [-0.1, -0.05) is 37.8 Å². The van der Waals surface area contributed by atoms with Gasteiger partial charge in [-0.05, 0) is 23.8 Å². The fraction of sp³-hybridized carbons (Fsp3) is 0.467. The number of nitrogens with one attached hydrogen (secondary N) is 2. The first-order chi connectivity index (χ1) is 27.9. The molecule has 3 aromatic rings. The minimum absolute atomic E-state index is 0.0319. The van der Waals surface area contributed by atoms with Crippen LogP contribution in [0.4, 0.5) is 5.82 Å². The SMILES string of the molecule is CC(C)(COP(=O)([O-])OP(=O)([O-])OC[C@H]1O[C@@H](n2cnc3c(N)ncnc32)[C@H](O)[C@@H]1OP(=O)([O-])[O-])[C@@H](O)C(=O)NCCC(=O)NCCSC(=O)/C=C/c1ccc(O)c(O)c1. The first-order valence-electron chi connectivity index (χ1n) is 17.1. The van der Waals surface area contributed by atoms with Gasteiger partial charge in [-0.15, -0.1) is 0 Å². The Morgan fingerprint density at radius 3 is 2.43 bits per heavy atom. The zero-order chi connectivity index (χ0) is 44.6. The van der Waals surface area contributed by atoms with Crippen molar-refractivity contribution >= 4 is 75.2 Å². The van der Waals surface area contributed by atoms with Crippen LogP contribution in [0.3, 0.4) is 0 Å². The molecular weight excluding hydrogens is 887 g/mol. The molecule has 30 heteroatoms. The Morgan fingerprint density at radius 1 is 1.05 bits per heavy atom. The highest BCUT2D eigenvalue weighted by atomic mass is 32.2. The quantitative estimate of drug-likeness (QED) is 0.0247. The van der Waals surface area contributed by atoms with E-state index in [2.05, 4.69) is 43.5 Å². The molecule has 1 fully saturated rings. The van der Waals surface area contributed by atoms with Crippen LogP contribution in [0.2, 0.25) is 0 Å². The molecule has 0 spiro atoms. The number of anilines is 1. The summed E-state index contributed by atoms with van der Waals surface area (Å²) in [5.41, 5.74) is 4.48. The average molecular weight is 926 g/mol. The molecule has 60 heavy (non-hydrogen) atoms. The van der Waals surface area contributed by atoms with Crippen molar-refractivity contribution in [2.75, 3.05) is 37.8 Å². The highest BCUT2D eigenvalue weighted by Gasteiger charge is 2.47. The van der Waals surface area contributed by atoms with Gasteiger partial charge in [0, 0.05) is 30.7 Å². The fourth-order valence-corrected chi connectivity index (χ4v) is 8.42. The maximum Gasteiger partial charge on any atom is 0.274 e. The minimum Gasteiger partial charge on any atom is -0.790 e. The highest BCUT2D eigenvalue weighted by molar-refractivity contribution is 8.14. The van der Waals surface area contributed by atoms with E-state index in [1.807, 2.05) is 0 Å². The summed E-state index contributed by atoms with van der Waals surface area (Å²) in [7, 11) is -17.7. The number of phosphoric acid groups is 3. The Kier molecular flexibility index (Phi) is 16.5. The average Bonchev–Trinajstić information content (AvgIpc) is 3.71. The third kappa shape index (κ3) is 14.1. The Morgan fingerprint density at radius 2 is 1.75 bits per heavy atom. The van der Waals surface area contributed by atoms with Gasteiger partial charge in [0.1, 0.15) is 36.3 Å². The number of fused-ring (bicyclic) bond motifs is 1. The van der Waals surface area contributed by atoms with Crippen LogP contribution in [0, 0.1) is 5.41 Å². The number of hydrogen-bond donors (Lipinski definition) is 7. The van der Waals surface area contributed by atoms with Gasteiger partial charge < -0.3 is 79.2 Å². The van der Waals surface area contributed by atoms with Crippen LogP contribution in [-0.4, -0.2) is 113 Å². The van der Waals surface area contributed by atoms with Gasteiger partial charge in [0.2, 0.25) is 16.9 Å². The van der Waals surface area contributed by atoms with Crippen LogP contribution in [0.15, 0.2) is 36.9 Å². The van der Waals surface area contributed by atoms with Crippen molar-refractivity contribution < 1.29 is 90.7 Å². The summed E-state index contributed by atoms with van der Waals surface area (Å²) >= 11 is 0.886. The number of aliphatic hydroxyl groups is 2. The van der Waals surface area contributed by atoms with Gasteiger partial charge in [0.25, 0.3) is 15.6 Å². The number of nitrogen functional groups attached to an aromatic ring is 1. The van der Waals surface area contributed by atoms with E-state index in [9.17, 15) is 68.1 Å². The number of phosphoric ester groups is 3. The first-order valence-corrected chi connectivity index (χ1v) is 22.4. The van der Waals surface area contributed by atoms with E-state index < -0.39 is 84.6 Å². The molecule has 4 rings (SSSR count). The Bertz CT molecular complexity index is 2210. The second-order valence-electron chi connectivity index (χ2n) is 13.2. The van der Waals surface area contributed by atoms with E-state index in [1.54, 1.807) is 0 Å². The van der Waals surface area contributed by atoms with E-state index in [0.29, 0.717) is 5.56 Å². The number of aliphatic hydroxyl groups excluding tert-OH is 2. The maximum atomic E-state index is 12.6. The fourth-order valence-electron chi connectivity index (χ4n) is 5.12. The third-order valence-electron chi connectivity index (χ3n) is 8.13. The van der Waals surface area contributed by atoms with Crippen LogP contribution >= 0.6 is 35.2 Å². The zero-order valence-electron chi connectivity index (χ0n) is 31.2. The number of phenols is 2. The van der Waals surface area contributed by atoms with Crippen LogP contribution in [-0.2, 0) is 50.7 Å². The number of nitrogens with zero attached hydrogens (tertiary/aromatic N) is 4. The number of nitrogens with two attached hydrogens (primary N) is 1. The molecule has 1 aromatic carbocycles. The molecule has 0 bridgehead atoms. The summed E-state index contributed by atoms with van der Waals surface area (Å²) in [6.45, 7) is -0.155. The standard InChI is InChI=1S/C30H42N7O19P3S/c1-30(2,25(43)28(44)33-8-7-20(40)32-9-10-60-21(41)6-4-16-3-5-17(38)18(39)11-16)13-53-59(50,51)56-58(48,49)52-12-19-24(55-57(45,46)47)23(42)29(54-19)37-15-36-22-26(31)34-14-35-27(22)37/h3-6,11,14-15,19,23-25,29,38-39,42-43H,7-10,12-13H2,1-2H3,(H,32,40)(H,33,44)(H,48,49)(H,50,51)(H2,31,34,35)(H2,45,46,47)/p-4/b6-4+/t19-,23-,24-,25+,29-/m1/s1. The molecule has 1 saturated heterocycles. The predicted molar refractivity (Wildman–Crippen MR) is 197 cm³/mol. The number of thioether (sulfide) groups is 1. The number of imidazole rings is 1. The molecule has 8 N–H and O–H groups in total. The normalized spacial score (nSPS) is 21.1. The molecule has 2 unspecified atom stereocenters. The number of aromatic nitrogens is 4. The predicted octanol–water partition coefficient (Wildman–Crippen LogP) is -2.74. The summed E-state index contributed by atoms with van der Waals surface area (Å²) in [5.74, 6) is -2.13. The zero-order valence-corrected chi connectivity index (χ0v) is 34.7. The molecule has 7 atom stereocenters. The van der Waals surface area contributed by atoms with Crippen molar-refractivity contribution in [1.29, 1.82) is 0 Å². The van der Waals surface area contributed by atoms with E-state index in [0.717, 1.165) is 29.0 Å². The Labute approximate surface area is 343 Å². The molecule has 0 aliphatic carbocycles. The van der Waals surface area contributed by atoms with Gasteiger partial charge in [-0.2, -0.15) is 0 Å². The third-order valence-corrected chi connectivity index (χ3v) is 12.0. The van der Waals surface area contributed by atoms with Crippen LogP contribution in [0.1, 0.15) is 32.1 Å². The molecule has 1 aliphatic rings. The molecule has 0 saturated carbocycles. The molecule has 3 heterocycles. The van der Waals surface area contributed by atoms with Crippen LogP contribution < -0.4 is 35.9 Å². The summed E-state index contributed by atoms with van der Waals surface area (Å²) in [4.78, 5) is 96.2. The Hall–Kier alpha value is -3.88. The lowest BCUT2D eigenvalue weighted by Gasteiger charge is -2.36. The van der Waals surface area contributed by atoms with E-state index in [4.69, 9.17) is 10.5 Å². The van der Waals surface area contributed by atoms with Crippen LogP contribution in [0.5, 0.6) is 11.5 Å². The van der Waals surface area contributed by atoms with Crippen molar-refractivity contribution in [1.82, 2.24) is 30.2 Å². The monoisotopic (exact) mass is 925 g/mol. The van der Waals surface area contributed by atoms with Gasteiger partial charge in [-0.25, -0.2) is 19.3 Å². The van der Waals surface area contributed by atoms with Crippen molar-refractivity contribution in [3.05, 3.63) is 42.5 Å². The molecule has 26 nitrogen and oxygen atoms in total. The van der Waals surface area contributed by atoms with Gasteiger partial charge in [-0.3, -0.25) is 28.1 Å². The maximum absolute atomic E-state index is 12.6. The van der Waals surface area contributed by atoms with Gasteiger partial charge in [0.05, 0.1) is 27.4 Å². The number of carbonyl (C=O) groups excluding carboxylic acids is 3. The number of phenolic OH excluding ortho intramolecular Hbond substituents is 2. The topological polar surface area (TPSA) is 415 Å². The van der Waals surface area contributed by atoms with Gasteiger partial charge in [0.15, 0.2) is 29.2 Å². The number of ether oxygens (including phenoxy) is 1. The lowest BCUT2D eigenvalue weighted by molar-refractivity contribution is -0.347. The van der Waals surface area contributed by atoms with Crippen LogP contribution in [0.25, 0.3) is 17.2 Å². The lowest BCUT2D eigenvalue weighted by Crippen LogP contribution is -2.46. The smallest absolute Gasteiger partial charge is 0.274 e. The molecular formula is C30H38N7O19P3S-4. The van der Waals surface area contributed by atoms with Crippen molar-refractivity contribution in [3.63, 3.8) is 0 Å². The number of aromatic hydroxyl groups is 2. The largest absolute Gasteiger partial charge is 0.790 e. The molecule has 332 valence electrons. The number of hydrogen-bond acceptors (Lipinski definition) is 24. The lowest BCUT2D eigenvalue weighted by atomic mass is 9.87. The van der Waals surface area contributed by atoms with E-state index in [1.165, 1.54) is 44.2 Å². The molecule has 2 amide bonds. The van der Waals surface area contributed by atoms with Gasteiger partial charge >= 0.3 is 0 Å². The summed E-state index contributed by atoms with van der Waals surface area (Å²) in [6, 6.07) is 4.00. The number of amides is 2. The van der Waals surface area contributed by atoms with Crippen molar-refractivity contribution in [2.24, 2.45) is 5.41 Å². The minimum atomic E-state index is -5.94. The molecule has 0 radical (unpaired) electrons. The molecule has 2 aromatic heterocycles. The molecule has 1 aliphatic heterocycles. The summed E-state index contributed by atoms with van der Waals surface area (Å²) in [5, 5.41) is 44.6. The summed E-state index contributed by atoms with van der Waals surface area (Å²) < 4.78 is 60.5.